The SMILES string of the molecule is O=C1CC[C@@H]2CN(S(=O)(=O)c3ccc(F)c(F)c3)CCN12. The zero-order valence-corrected chi connectivity index (χ0v) is 11.9. The van der Waals surface area contributed by atoms with Crippen LogP contribution in [0.5, 0.6) is 0 Å². The highest BCUT2D eigenvalue weighted by Crippen LogP contribution is 2.27. The van der Waals surface area contributed by atoms with E-state index in [1.165, 1.54) is 4.31 Å². The van der Waals surface area contributed by atoms with Gasteiger partial charge in [-0.2, -0.15) is 4.31 Å². The number of sulfonamides is 1. The van der Waals surface area contributed by atoms with Gasteiger partial charge >= 0.3 is 0 Å². The van der Waals surface area contributed by atoms with Gasteiger partial charge in [0.25, 0.3) is 0 Å². The summed E-state index contributed by atoms with van der Waals surface area (Å²) in [6.45, 7) is 0.711. The fraction of sp³-hybridized carbons (Fsp3) is 0.462. The number of hydrogen-bond acceptors (Lipinski definition) is 3. The summed E-state index contributed by atoms with van der Waals surface area (Å²) < 4.78 is 52.3. The number of carbonyl (C=O) groups excluding carboxylic acids is 1. The summed E-state index contributed by atoms with van der Waals surface area (Å²) in [5.74, 6) is -2.23. The highest BCUT2D eigenvalue weighted by Gasteiger charge is 2.39. The molecule has 0 aliphatic carbocycles. The van der Waals surface area contributed by atoms with E-state index in [1.807, 2.05) is 0 Å². The van der Waals surface area contributed by atoms with Gasteiger partial charge in [-0.1, -0.05) is 0 Å². The molecule has 0 bridgehead atoms. The van der Waals surface area contributed by atoms with Gasteiger partial charge < -0.3 is 4.90 Å². The fourth-order valence-corrected chi connectivity index (χ4v) is 4.32. The maximum atomic E-state index is 13.2. The van der Waals surface area contributed by atoms with E-state index in [0.717, 1.165) is 12.1 Å². The Kier molecular flexibility index (Phi) is 3.45. The van der Waals surface area contributed by atoms with Gasteiger partial charge in [0.15, 0.2) is 11.6 Å². The quantitative estimate of drug-likeness (QED) is 0.816. The molecule has 0 aromatic heterocycles. The van der Waals surface area contributed by atoms with E-state index < -0.39 is 21.7 Å². The Bertz CT molecular complexity index is 693. The summed E-state index contributed by atoms with van der Waals surface area (Å²) >= 11 is 0. The van der Waals surface area contributed by atoms with Crippen molar-refractivity contribution >= 4 is 15.9 Å². The molecule has 2 fully saturated rings. The van der Waals surface area contributed by atoms with E-state index in [9.17, 15) is 22.0 Å². The Balaban J connectivity index is 1.85. The topological polar surface area (TPSA) is 57.7 Å². The largest absolute Gasteiger partial charge is 0.337 e. The van der Waals surface area contributed by atoms with Gasteiger partial charge in [0.1, 0.15) is 0 Å². The summed E-state index contributed by atoms with van der Waals surface area (Å²) in [7, 11) is -3.87. The van der Waals surface area contributed by atoms with Gasteiger partial charge in [-0.15, -0.1) is 0 Å². The molecular formula is C13H14F2N2O3S. The molecule has 8 heteroatoms. The van der Waals surface area contributed by atoms with E-state index in [0.29, 0.717) is 25.5 Å². The number of rotatable bonds is 2. The Labute approximate surface area is 121 Å². The van der Waals surface area contributed by atoms with Crippen molar-refractivity contribution in [3.8, 4) is 0 Å². The number of hydrogen-bond donors (Lipinski definition) is 0. The van der Waals surface area contributed by atoms with E-state index in [4.69, 9.17) is 0 Å². The lowest BCUT2D eigenvalue weighted by atomic mass is 10.2. The number of amides is 1. The van der Waals surface area contributed by atoms with Crippen molar-refractivity contribution in [3.05, 3.63) is 29.8 Å². The first-order chi connectivity index (χ1) is 9.89. The van der Waals surface area contributed by atoms with Crippen molar-refractivity contribution in [2.75, 3.05) is 19.6 Å². The van der Waals surface area contributed by atoms with Crippen LogP contribution in [0, 0.1) is 11.6 Å². The van der Waals surface area contributed by atoms with Crippen molar-refractivity contribution in [2.45, 2.75) is 23.8 Å². The van der Waals surface area contributed by atoms with Crippen LogP contribution in [-0.2, 0) is 14.8 Å². The van der Waals surface area contributed by atoms with Crippen molar-refractivity contribution in [1.82, 2.24) is 9.21 Å². The molecule has 5 nitrogen and oxygen atoms in total. The van der Waals surface area contributed by atoms with Crippen molar-refractivity contribution in [2.24, 2.45) is 0 Å². The third-order valence-corrected chi connectivity index (χ3v) is 5.85. The molecule has 2 aliphatic heterocycles. The molecule has 1 aromatic rings. The molecule has 0 radical (unpaired) electrons. The van der Waals surface area contributed by atoms with Crippen molar-refractivity contribution in [1.29, 1.82) is 0 Å². The first-order valence-corrected chi connectivity index (χ1v) is 8.08. The van der Waals surface area contributed by atoms with Gasteiger partial charge in [-0.05, 0) is 24.6 Å². The Morgan fingerprint density at radius 1 is 1.14 bits per heavy atom. The fourth-order valence-electron chi connectivity index (χ4n) is 2.84. The molecular weight excluding hydrogens is 302 g/mol. The Hall–Kier alpha value is -1.54. The van der Waals surface area contributed by atoms with Gasteiger partial charge in [0, 0.05) is 32.1 Å². The van der Waals surface area contributed by atoms with E-state index in [1.54, 1.807) is 4.90 Å². The summed E-state index contributed by atoms with van der Waals surface area (Å²) in [5, 5.41) is 0. The smallest absolute Gasteiger partial charge is 0.243 e. The molecule has 0 N–H and O–H groups in total. The van der Waals surface area contributed by atoms with Crippen LogP contribution in [0.1, 0.15) is 12.8 Å². The minimum atomic E-state index is -3.87. The van der Waals surface area contributed by atoms with Crippen LogP contribution in [-0.4, -0.2) is 49.2 Å². The lowest BCUT2D eigenvalue weighted by Gasteiger charge is -2.36. The molecule has 3 rings (SSSR count). The van der Waals surface area contributed by atoms with Crippen LogP contribution in [0.2, 0.25) is 0 Å². The summed E-state index contributed by atoms with van der Waals surface area (Å²) in [6, 6.07) is 2.43. The average Bonchev–Trinajstić information content (AvgIpc) is 2.83. The second kappa shape index (κ2) is 5.03. The van der Waals surface area contributed by atoms with Crippen LogP contribution in [0.4, 0.5) is 8.78 Å². The Morgan fingerprint density at radius 3 is 2.62 bits per heavy atom. The first kappa shape index (κ1) is 14.4. The third kappa shape index (κ3) is 2.42. The molecule has 0 spiro atoms. The predicted molar refractivity (Wildman–Crippen MR) is 69.9 cm³/mol. The second-order valence-corrected chi connectivity index (χ2v) is 7.16. The molecule has 1 atom stereocenters. The number of halogens is 2. The number of nitrogens with zero attached hydrogens (tertiary/aromatic N) is 2. The lowest BCUT2D eigenvalue weighted by molar-refractivity contribution is -0.130. The zero-order valence-electron chi connectivity index (χ0n) is 11.1. The Morgan fingerprint density at radius 2 is 1.90 bits per heavy atom. The minimum Gasteiger partial charge on any atom is -0.337 e. The highest BCUT2D eigenvalue weighted by atomic mass is 32.2. The monoisotopic (exact) mass is 316 g/mol. The van der Waals surface area contributed by atoms with Crippen molar-refractivity contribution in [3.63, 3.8) is 0 Å². The molecule has 2 heterocycles. The third-order valence-electron chi connectivity index (χ3n) is 3.99. The van der Waals surface area contributed by atoms with Crippen LogP contribution >= 0.6 is 0 Å². The van der Waals surface area contributed by atoms with Crippen LogP contribution in [0.15, 0.2) is 23.1 Å². The number of piperazine rings is 1. The second-order valence-electron chi connectivity index (χ2n) is 5.22. The van der Waals surface area contributed by atoms with Crippen molar-refractivity contribution < 1.29 is 22.0 Å². The van der Waals surface area contributed by atoms with E-state index >= 15 is 0 Å². The van der Waals surface area contributed by atoms with E-state index in [2.05, 4.69) is 0 Å². The minimum absolute atomic E-state index is 0.0462. The summed E-state index contributed by atoms with van der Waals surface area (Å²) in [5.41, 5.74) is 0. The molecule has 21 heavy (non-hydrogen) atoms. The highest BCUT2D eigenvalue weighted by molar-refractivity contribution is 7.89. The zero-order chi connectivity index (χ0) is 15.2. The van der Waals surface area contributed by atoms with Gasteiger partial charge in [-0.3, -0.25) is 4.79 Å². The van der Waals surface area contributed by atoms with Gasteiger partial charge in [0.2, 0.25) is 15.9 Å². The maximum Gasteiger partial charge on any atom is 0.243 e. The average molecular weight is 316 g/mol. The predicted octanol–water partition coefficient (Wildman–Crippen LogP) is 0.960. The molecule has 0 unspecified atom stereocenters. The van der Waals surface area contributed by atoms with Gasteiger partial charge in [0.05, 0.1) is 4.90 Å². The molecule has 1 aromatic carbocycles. The van der Waals surface area contributed by atoms with Gasteiger partial charge in [-0.25, -0.2) is 17.2 Å². The molecule has 1 amide bonds. The molecule has 2 saturated heterocycles. The van der Waals surface area contributed by atoms with Crippen LogP contribution < -0.4 is 0 Å². The number of carbonyl (C=O) groups is 1. The summed E-state index contributed by atoms with van der Waals surface area (Å²) in [4.78, 5) is 13.0. The normalized spacial score (nSPS) is 23.4. The number of fused-ring (bicyclic) bond motifs is 1. The molecule has 114 valence electrons. The standard InChI is InChI=1S/C13H14F2N2O3S/c14-11-3-2-10(7-12(11)15)21(19,20)16-5-6-17-9(8-16)1-4-13(17)18/h2-3,7,9H,1,4-6,8H2/t9-/m1/s1. The van der Waals surface area contributed by atoms with Crippen LogP contribution in [0.25, 0.3) is 0 Å². The summed E-state index contributed by atoms with van der Waals surface area (Å²) in [6.07, 6.45) is 1.06. The lowest BCUT2D eigenvalue weighted by Crippen LogP contribution is -2.53. The van der Waals surface area contributed by atoms with E-state index in [-0.39, 0.29) is 29.9 Å². The molecule has 0 saturated carbocycles. The maximum absolute atomic E-state index is 13.2. The number of benzene rings is 1. The molecule has 2 aliphatic rings. The van der Waals surface area contributed by atoms with Crippen LogP contribution in [0.3, 0.4) is 0 Å². The first-order valence-electron chi connectivity index (χ1n) is 6.64.